The van der Waals surface area contributed by atoms with Gasteiger partial charge in [0, 0.05) is 19.1 Å². The summed E-state index contributed by atoms with van der Waals surface area (Å²) >= 11 is 0. The van der Waals surface area contributed by atoms with E-state index in [-0.39, 0.29) is 0 Å². The highest BCUT2D eigenvalue weighted by molar-refractivity contribution is 4.87. The molecule has 11 heavy (non-hydrogen) atoms. The SMILES string of the molecule is CC(C)C1CNN(C2CC2)C1. The van der Waals surface area contributed by atoms with Crippen LogP contribution < -0.4 is 5.43 Å². The van der Waals surface area contributed by atoms with Crippen molar-refractivity contribution in [3.8, 4) is 0 Å². The third kappa shape index (κ3) is 1.57. The van der Waals surface area contributed by atoms with Crippen molar-refractivity contribution in [2.75, 3.05) is 13.1 Å². The summed E-state index contributed by atoms with van der Waals surface area (Å²) in [6.45, 7) is 7.13. The molecule has 2 aliphatic rings. The lowest BCUT2D eigenvalue weighted by atomic mass is 9.97. The fraction of sp³-hybridized carbons (Fsp3) is 1.00. The van der Waals surface area contributed by atoms with Gasteiger partial charge < -0.3 is 0 Å². The van der Waals surface area contributed by atoms with E-state index in [4.69, 9.17) is 0 Å². The second-order valence-electron chi connectivity index (χ2n) is 4.25. The number of nitrogens with zero attached hydrogens (tertiary/aromatic N) is 1. The molecule has 1 unspecified atom stereocenters. The zero-order valence-corrected chi connectivity index (χ0v) is 7.51. The summed E-state index contributed by atoms with van der Waals surface area (Å²) in [5, 5.41) is 2.45. The first kappa shape index (κ1) is 7.56. The molecule has 0 aromatic heterocycles. The molecule has 0 spiro atoms. The largest absolute Gasteiger partial charge is 0.255 e. The average Bonchev–Trinajstić information content (AvgIpc) is 2.68. The first-order valence-corrected chi connectivity index (χ1v) is 4.77. The quantitative estimate of drug-likeness (QED) is 0.644. The van der Waals surface area contributed by atoms with Crippen LogP contribution in [-0.2, 0) is 0 Å². The Labute approximate surface area is 68.9 Å². The van der Waals surface area contributed by atoms with Crippen LogP contribution in [0.3, 0.4) is 0 Å². The Hall–Kier alpha value is -0.0800. The molecule has 2 nitrogen and oxygen atoms in total. The molecule has 2 heteroatoms. The number of nitrogens with one attached hydrogen (secondary N) is 1. The Kier molecular flexibility index (Phi) is 1.90. The Balaban J connectivity index is 1.82. The Morgan fingerprint density at radius 1 is 1.36 bits per heavy atom. The minimum Gasteiger partial charge on any atom is -0.255 e. The maximum Gasteiger partial charge on any atom is 0.0244 e. The van der Waals surface area contributed by atoms with Crippen molar-refractivity contribution in [2.45, 2.75) is 32.7 Å². The monoisotopic (exact) mass is 154 g/mol. The van der Waals surface area contributed by atoms with E-state index in [9.17, 15) is 0 Å². The van der Waals surface area contributed by atoms with E-state index in [1.165, 1.54) is 25.9 Å². The highest BCUT2D eigenvalue weighted by Crippen LogP contribution is 2.29. The Bertz CT molecular complexity index is 132. The molecule has 1 aliphatic heterocycles. The van der Waals surface area contributed by atoms with Crippen molar-refractivity contribution in [2.24, 2.45) is 11.8 Å². The predicted molar refractivity (Wildman–Crippen MR) is 46.1 cm³/mol. The van der Waals surface area contributed by atoms with Crippen molar-refractivity contribution in [1.29, 1.82) is 0 Å². The molecule has 1 aliphatic carbocycles. The molecule has 1 heterocycles. The molecule has 0 amide bonds. The number of hydrogen-bond donors (Lipinski definition) is 1. The van der Waals surface area contributed by atoms with Gasteiger partial charge in [0.05, 0.1) is 0 Å². The second-order valence-corrected chi connectivity index (χ2v) is 4.25. The van der Waals surface area contributed by atoms with Gasteiger partial charge in [0.25, 0.3) is 0 Å². The molecule has 64 valence electrons. The van der Waals surface area contributed by atoms with Gasteiger partial charge in [-0.2, -0.15) is 0 Å². The lowest BCUT2D eigenvalue weighted by Gasteiger charge is -2.15. The molecule has 0 aromatic rings. The fourth-order valence-electron chi connectivity index (χ4n) is 1.73. The highest BCUT2D eigenvalue weighted by Gasteiger charge is 2.35. The van der Waals surface area contributed by atoms with Gasteiger partial charge in [-0.15, -0.1) is 0 Å². The summed E-state index contributed by atoms with van der Waals surface area (Å²) in [5.74, 6) is 1.72. The van der Waals surface area contributed by atoms with Crippen LogP contribution in [0.1, 0.15) is 26.7 Å². The molecule has 1 saturated heterocycles. The van der Waals surface area contributed by atoms with Crippen LogP contribution in [0.5, 0.6) is 0 Å². The van der Waals surface area contributed by atoms with Crippen molar-refractivity contribution in [3.63, 3.8) is 0 Å². The summed E-state index contributed by atoms with van der Waals surface area (Å²) in [6.07, 6.45) is 2.83. The van der Waals surface area contributed by atoms with E-state index in [0.29, 0.717) is 0 Å². The molecular formula is C9H18N2. The lowest BCUT2D eigenvalue weighted by Crippen LogP contribution is -2.32. The van der Waals surface area contributed by atoms with Gasteiger partial charge in [-0.3, -0.25) is 5.43 Å². The predicted octanol–water partition coefficient (Wildman–Crippen LogP) is 1.24. The van der Waals surface area contributed by atoms with Gasteiger partial charge in [0.15, 0.2) is 0 Å². The van der Waals surface area contributed by atoms with Gasteiger partial charge in [0.1, 0.15) is 0 Å². The van der Waals surface area contributed by atoms with Crippen LogP contribution in [0.15, 0.2) is 0 Å². The van der Waals surface area contributed by atoms with Gasteiger partial charge >= 0.3 is 0 Å². The molecule has 1 saturated carbocycles. The van der Waals surface area contributed by atoms with Gasteiger partial charge in [0.2, 0.25) is 0 Å². The minimum atomic E-state index is 0.839. The lowest BCUT2D eigenvalue weighted by molar-refractivity contribution is 0.232. The van der Waals surface area contributed by atoms with Gasteiger partial charge in [-0.05, 0) is 24.7 Å². The summed E-state index contributed by atoms with van der Waals surface area (Å²) in [7, 11) is 0. The van der Waals surface area contributed by atoms with Crippen LogP contribution in [-0.4, -0.2) is 24.1 Å². The van der Waals surface area contributed by atoms with Gasteiger partial charge in [-0.1, -0.05) is 13.8 Å². The Morgan fingerprint density at radius 2 is 2.09 bits per heavy atom. The molecule has 2 rings (SSSR count). The number of rotatable bonds is 2. The van der Waals surface area contributed by atoms with E-state index < -0.39 is 0 Å². The smallest absolute Gasteiger partial charge is 0.0244 e. The molecule has 0 aromatic carbocycles. The van der Waals surface area contributed by atoms with E-state index in [0.717, 1.165) is 17.9 Å². The fourth-order valence-corrected chi connectivity index (χ4v) is 1.73. The summed E-state index contributed by atoms with van der Waals surface area (Å²) in [5.41, 5.74) is 3.48. The zero-order chi connectivity index (χ0) is 7.84. The van der Waals surface area contributed by atoms with Crippen LogP contribution >= 0.6 is 0 Å². The number of hydrogen-bond acceptors (Lipinski definition) is 2. The second kappa shape index (κ2) is 2.76. The van der Waals surface area contributed by atoms with Crippen LogP contribution in [0, 0.1) is 11.8 Å². The normalized spacial score (nSPS) is 33.5. The van der Waals surface area contributed by atoms with E-state index >= 15 is 0 Å². The molecule has 1 N–H and O–H groups in total. The van der Waals surface area contributed by atoms with Crippen LogP contribution in [0.2, 0.25) is 0 Å². The number of hydrazine groups is 1. The van der Waals surface area contributed by atoms with Crippen LogP contribution in [0.25, 0.3) is 0 Å². The molecule has 2 fully saturated rings. The average molecular weight is 154 g/mol. The summed E-state index contributed by atoms with van der Waals surface area (Å²) in [4.78, 5) is 0. The van der Waals surface area contributed by atoms with E-state index in [1.54, 1.807) is 0 Å². The first-order chi connectivity index (χ1) is 5.27. The van der Waals surface area contributed by atoms with Crippen molar-refractivity contribution < 1.29 is 0 Å². The molecular weight excluding hydrogens is 136 g/mol. The maximum absolute atomic E-state index is 3.48. The molecule has 1 atom stereocenters. The third-order valence-electron chi connectivity index (χ3n) is 2.92. The van der Waals surface area contributed by atoms with E-state index in [1.807, 2.05) is 0 Å². The Morgan fingerprint density at radius 3 is 2.55 bits per heavy atom. The zero-order valence-electron chi connectivity index (χ0n) is 7.51. The van der Waals surface area contributed by atoms with Crippen LogP contribution in [0.4, 0.5) is 0 Å². The molecule has 0 bridgehead atoms. The molecule has 0 radical (unpaired) electrons. The maximum atomic E-state index is 3.48. The van der Waals surface area contributed by atoms with Crippen molar-refractivity contribution in [3.05, 3.63) is 0 Å². The first-order valence-electron chi connectivity index (χ1n) is 4.77. The summed E-state index contributed by atoms with van der Waals surface area (Å²) in [6, 6.07) is 0.888. The standard InChI is InChI=1S/C9H18N2/c1-7(2)8-5-10-11(6-8)9-3-4-9/h7-10H,3-6H2,1-2H3. The van der Waals surface area contributed by atoms with Gasteiger partial charge in [-0.25, -0.2) is 5.01 Å². The van der Waals surface area contributed by atoms with Crippen molar-refractivity contribution >= 4 is 0 Å². The minimum absolute atomic E-state index is 0.839. The topological polar surface area (TPSA) is 15.3 Å². The third-order valence-corrected chi connectivity index (χ3v) is 2.92. The van der Waals surface area contributed by atoms with E-state index in [2.05, 4.69) is 24.3 Å². The van der Waals surface area contributed by atoms with Crippen molar-refractivity contribution in [1.82, 2.24) is 10.4 Å². The summed E-state index contributed by atoms with van der Waals surface area (Å²) < 4.78 is 0. The highest BCUT2D eigenvalue weighted by atomic mass is 15.6.